The van der Waals surface area contributed by atoms with Crippen LogP contribution in [0.3, 0.4) is 0 Å². The van der Waals surface area contributed by atoms with Crippen LogP contribution in [0, 0.1) is 0 Å². The molecule has 1 nitrogen and oxygen atoms in total. The van der Waals surface area contributed by atoms with Crippen molar-refractivity contribution in [1.82, 2.24) is 0 Å². The van der Waals surface area contributed by atoms with E-state index in [1.165, 1.54) is 0 Å². The molecular weight excluding hydrogens is 109 g/mol. The molecule has 0 radical (unpaired) electrons. The Bertz CT molecular complexity index is 61.2. The van der Waals surface area contributed by atoms with Crippen molar-refractivity contribution in [3.8, 4) is 0 Å². The summed E-state index contributed by atoms with van der Waals surface area (Å²) in [4.78, 5) is 0. The van der Waals surface area contributed by atoms with Crippen LogP contribution in [-0.4, -0.2) is 6.61 Å². The van der Waals surface area contributed by atoms with Gasteiger partial charge in [0.1, 0.15) is 12.6 Å². The monoisotopic (exact) mass is 112 g/mol. The van der Waals surface area contributed by atoms with Gasteiger partial charge in [0.25, 0.3) is 0 Å². The first kappa shape index (κ1) is 6.33. The normalized spacial score (nSPS) is 10.9. The van der Waals surface area contributed by atoms with Gasteiger partial charge in [-0.05, 0) is 0 Å². The van der Waals surface area contributed by atoms with Crippen LogP contribution in [0.5, 0.6) is 0 Å². The molecule has 0 heterocycles. The van der Waals surface area contributed by atoms with E-state index in [0.29, 0.717) is 0 Å². The molecule has 0 aromatic carbocycles. The van der Waals surface area contributed by atoms with Gasteiger partial charge in [0.2, 0.25) is 0 Å². The van der Waals surface area contributed by atoms with E-state index in [1.807, 2.05) is 0 Å². The van der Waals surface area contributed by atoms with Crippen molar-refractivity contribution in [2.24, 2.45) is 0 Å². The van der Waals surface area contributed by atoms with Gasteiger partial charge in [-0.3, -0.25) is 0 Å². The fourth-order valence-electron chi connectivity index (χ4n) is 0.0891. The molecule has 0 N–H and O–H groups in total. The molecule has 0 unspecified atom stereocenters. The highest BCUT2D eigenvalue weighted by Crippen LogP contribution is 1.93. The molecule has 0 aliphatic carbocycles. The van der Waals surface area contributed by atoms with E-state index in [-0.39, 0.29) is 12.6 Å². The van der Waals surface area contributed by atoms with Crippen LogP contribution in [0.2, 0.25) is 0 Å². The maximum Gasteiger partial charge on any atom is 0.387 e. The Balaban J connectivity index is 2.97. The summed E-state index contributed by atoms with van der Waals surface area (Å²) in [6.07, 6.45) is 0.177. The average Bonchev–Trinajstić information content (AvgIpc) is 1.61. The van der Waals surface area contributed by atoms with Gasteiger partial charge in [-0.1, -0.05) is 0 Å². The number of hydrogen-bond donors (Lipinski definition) is 0. The Labute approximate surface area is 38.4 Å². The van der Waals surface area contributed by atoms with Gasteiger partial charge < -0.3 is 4.74 Å². The van der Waals surface area contributed by atoms with E-state index in [4.69, 9.17) is 0 Å². The number of alkyl halides is 2. The molecular formula is C3H3F3O. The molecule has 4 heteroatoms. The van der Waals surface area contributed by atoms with Crippen molar-refractivity contribution in [2.75, 3.05) is 0 Å². The maximum atomic E-state index is 10.8. The van der Waals surface area contributed by atoms with Gasteiger partial charge in [-0.15, -0.1) is 0 Å². The zero-order chi connectivity index (χ0) is 5.70. The smallest absolute Gasteiger partial charge is 0.387 e. The van der Waals surface area contributed by atoms with Crippen LogP contribution in [0.15, 0.2) is 12.6 Å². The molecule has 0 atom stereocenters. The van der Waals surface area contributed by atoms with Crippen LogP contribution in [0.4, 0.5) is 13.2 Å². The second kappa shape index (κ2) is 3.52. The van der Waals surface area contributed by atoms with Crippen molar-refractivity contribution < 1.29 is 17.9 Å². The van der Waals surface area contributed by atoms with E-state index in [2.05, 4.69) is 4.74 Å². The first-order valence-electron chi connectivity index (χ1n) is 1.46. The minimum absolute atomic E-state index is 0.105. The minimum atomic E-state index is -2.92. The Morgan fingerprint density at radius 3 is 2.14 bits per heavy atom. The lowest BCUT2D eigenvalue weighted by Gasteiger charge is -1.91. The maximum absolute atomic E-state index is 10.8. The second-order valence-electron chi connectivity index (χ2n) is 0.659. The second-order valence-corrected chi connectivity index (χ2v) is 0.659. The van der Waals surface area contributed by atoms with Crippen LogP contribution in [-0.2, 0) is 4.74 Å². The molecule has 0 saturated heterocycles. The summed E-state index contributed by atoms with van der Waals surface area (Å²) >= 11 is 0. The highest BCUT2D eigenvalue weighted by Gasteiger charge is 1.94. The Kier molecular flexibility index (Phi) is 3.18. The summed E-state index contributed by atoms with van der Waals surface area (Å²) in [7, 11) is 0. The molecule has 0 bridgehead atoms. The average molecular weight is 112 g/mol. The summed E-state index contributed by atoms with van der Waals surface area (Å²) < 4.78 is 35.6. The van der Waals surface area contributed by atoms with Gasteiger partial charge in [-0.25, -0.2) is 4.39 Å². The molecule has 0 rings (SSSR count). The van der Waals surface area contributed by atoms with E-state index in [1.54, 1.807) is 0 Å². The van der Waals surface area contributed by atoms with Crippen molar-refractivity contribution in [2.45, 2.75) is 6.61 Å². The lowest BCUT2D eigenvalue weighted by molar-refractivity contribution is -0.0838. The number of halogens is 3. The van der Waals surface area contributed by atoms with Gasteiger partial charge in [0.15, 0.2) is 0 Å². The summed E-state index contributed by atoms with van der Waals surface area (Å²) in [6, 6.07) is 0. The molecule has 0 aliphatic rings. The topological polar surface area (TPSA) is 9.23 Å². The quantitative estimate of drug-likeness (QED) is 0.493. The van der Waals surface area contributed by atoms with E-state index < -0.39 is 6.61 Å². The fraction of sp³-hybridized carbons (Fsp3) is 0.333. The van der Waals surface area contributed by atoms with Crippen molar-refractivity contribution >= 4 is 0 Å². The third-order valence-corrected chi connectivity index (χ3v) is 0.233. The summed E-state index contributed by atoms with van der Waals surface area (Å²) in [5, 5.41) is 0. The molecule has 0 amide bonds. The summed E-state index contributed by atoms with van der Waals surface area (Å²) in [5.74, 6) is 0. The zero-order valence-electron chi connectivity index (χ0n) is 3.27. The van der Waals surface area contributed by atoms with Crippen LogP contribution >= 0.6 is 0 Å². The summed E-state index contributed by atoms with van der Waals surface area (Å²) in [5.41, 5.74) is 0. The zero-order valence-corrected chi connectivity index (χ0v) is 3.27. The van der Waals surface area contributed by atoms with Crippen LogP contribution < -0.4 is 0 Å². The molecule has 0 spiro atoms. The third kappa shape index (κ3) is 5.33. The molecule has 0 aromatic heterocycles. The van der Waals surface area contributed by atoms with Gasteiger partial charge in [0, 0.05) is 0 Å². The van der Waals surface area contributed by atoms with E-state index in [9.17, 15) is 13.2 Å². The number of rotatable bonds is 2. The van der Waals surface area contributed by atoms with Gasteiger partial charge >= 0.3 is 6.61 Å². The van der Waals surface area contributed by atoms with E-state index >= 15 is 0 Å². The fourth-order valence-corrected chi connectivity index (χ4v) is 0.0891. The predicted molar refractivity (Wildman–Crippen MR) is 17.3 cm³/mol. The van der Waals surface area contributed by atoms with Crippen molar-refractivity contribution in [3.63, 3.8) is 0 Å². The first-order valence-corrected chi connectivity index (χ1v) is 1.46. The molecule has 42 valence electrons. The standard InChI is InChI=1S/C3H3F3O/c4-1-2-7-3(5)6/h1-3H/b2-1+. The predicted octanol–water partition coefficient (Wildman–Crippen LogP) is 1.67. The lowest BCUT2D eigenvalue weighted by atomic mass is 11.1. The van der Waals surface area contributed by atoms with Crippen molar-refractivity contribution in [3.05, 3.63) is 12.6 Å². The first-order chi connectivity index (χ1) is 3.27. The molecule has 0 aromatic rings. The minimum Gasteiger partial charge on any atom is -0.440 e. The SMILES string of the molecule is F/C=C/OC(F)F. The van der Waals surface area contributed by atoms with Crippen molar-refractivity contribution in [1.29, 1.82) is 0 Å². The number of hydrogen-bond acceptors (Lipinski definition) is 1. The van der Waals surface area contributed by atoms with Crippen LogP contribution in [0.25, 0.3) is 0 Å². The summed E-state index contributed by atoms with van der Waals surface area (Å²) in [6.45, 7) is -2.92. The Hall–Kier alpha value is -0.670. The van der Waals surface area contributed by atoms with E-state index in [0.717, 1.165) is 0 Å². The molecule has 0 aliphatic heterocycles. The molecule has 7 heavy (non-hydrogen) atoms. The molecule has 0 fully saturated rings. The number of ether oxygens (including phenoxy) is 1. The Morgan fingerprint density at radius 2 is 2.00 bits per heavy atom. The van der Waals surface area contributed by atoms with Gasteiger partial charge in [0.05, 0.1) is 0 Å². The Morgan fingerprint density at radius 1 is 1.43 bits per heavy atom. The largest absolute Gasteiger partial charge is 0.440 e. The van der Waals surface area contributed by atoms with Gasteiger partial charge in [-0.2, -0.15) is 8.78 Å². The lowest BCUT2D eigenvalue weighted by Crippen LogP contribution is -1.88. The molecule has 0 saturated carbocycles. The third-order valence-electron chi connectivity index (χ3n) is 0.233. The highest BCUT2D eigenvalue weighted by molar-refractivity contribution is 4.56. The highest BCUT2D eigenvalue weighted by atomic mass is 19.3. The van der Waals surface area contributed by atoms with Crippen LogP contribution in [0.1, 0.15) is 0 Å².